The predicted octanol–water partition coefficient (Wildman–Crippen LogP) is 2.32. The van der Waals surface area contributed by atoms with E-state index in [1.807, 2.05) is 12.1 Å². The lowest BCUT2D eigenvalue weighted by atomic mass is 9.96. The third-order valence-electron chi connectivity index (χ3n) is 5.11. The van der Waals surface area contributed by atoms with Gasteiger partial charge in [-0.1, -0.05) is 60.7 Å². The highest BCUT2D eigenvalue weighted by Gasteiger charge is 2.28. The number of amides is 1. The van der Waals surface area contributed by atoms with Crippen molar-refractivity contribution in [2.75, 3.05) is 26.2 Å². The maximum Gasteiger partial charge on any atom is 0.264 e. The molecule has 1 saturated heterocycles. The molecule has 142 valence electrons. The van der Waals surface area contributed by atoms with Crippen LogP contribution in [0.2, 0.25) is 0 Å². The number of nitrogens with one attached hydrogen (secondary N) is 1. The zero-order valence-electron chi connectivity index (χ0n) is 15.5. The van der Waals surface area contributed by atoms with Crippen molar-refractivity contribution in [3.05, 3.63) is 100.0 Å². The number of hydrogen-bond acceptors (Lipinski definition) is 4. The van der Waals surface area contributed by atoms with Crippen LogP contribution >= 0.6 is 0 Å². The van der Waals surface area contributed by atoms with E-state index in [-0.39, 0.29) is 17.5 Å². The minimum Gasteiger partial charge on any atom is -0.336 e. The van der Waals surface area contributed by atoms with Gasteiger partial charge < -0.3 is 4.90 Å². The summed E-state index contributed by atoms with van der Waals surface area (Å²) in [7, 11) is 0. The van der Waals surface area contributed by atoms with Crippen LogP contribution < -0.4 is 5.56 Å². The summed E-state index contributed by atoms with van der Waals surface area (Å²) in [5.41, 5.74) is 2.46. The second-order valence-corrected chi connectivity index (χ2v) is 6.89. The maximum atomic E-state index is 12.7. The molecule has 2 heterocycles. The summed E-state index contributed by atoms with van der Waals surface area (Å²) in [5, 5.41) is 6.03. The van der Waals surface area contributed by atoms with Gasteiger partial charge in [0.05, 0.1) is 17.8 Å². The zero-order chi connectivity index (χ0) is 19.3. The Morgan fingerprint density at radius 1 is 0.893 bits per heavy atom. The molecule has 0 spiro atoms. The number of carbonyl (C=O) groups excluding carboxylic acids is 1. The van der Waals surface area contributed by atoms with Gasteiger partial charge in [-0.05, 0) is 11.1 Å². The molecule has 0 atom stereocenters. The van der Waals surface area contributed by atoms with Crippen molar-refractivity contribution in [3.8, 4) is 0 Å². The zero-order valence-corrected chi connectivity index (χ0v) is 15.5. The Balaban J connectivity index is 1.52. The molecule has 0 bridgehead atoms. The van der Waals surface area contributed by atoms with Crippen LogP contribution in [0, 0.1) is 0 Å². The molecule has 6 nitrogen and oxygen atoms in total. The molecule has 0 unspecified atom stereocenters. The number of piperazine rings is 1. The molecule has 0 aliphatic carbocycles. The van der Waals surface area contributed by atoms with Gasteiger partial charge >= 0.3 is 0 Å². The van der Waals surface area contributed by atoms with Crippen molar-refractivity contribution in [3.63, 3.8) is 0 Å². The second kappa shape index (κ2) is 8.19. The van der Waals surface area contributed by atoms with E-state index < -0.39 is 0 Å². The minimum atomic E-state index is -0.363. The number of aromatic nitrogens is 2. The third-order valence-corrected chi connectivity index (χ3v) is 5.11. The molecule has 3 aromatic rings. The highest BCUT2D eigenvalue weighted by Crippen LogP contribution is 2.29. The molecule has 4 rings (SSSR count). The molecule has 1 aromatic heterocycles. The third kappa shape index (κ3) is 3.87. The fourth-order valence-corrected chi connectivity index (χ4v) is 3.74. The van der Waals surface area contributed by atoms with Crippen LogP contribution in [0.5, 0.6) is 0 Å². The van der Waals surface area contributed by atoms with Gasteiger partial charge in [0.25, 0.3) is 11.5 Å². The summed E-state index contributed by atoms with van der Waals surface area (Å²) in [6.45, 7) is 2.75. The van der Waals surface area contributed by atoms with Crippen LogP contribution in [0.4, 0.5) is 0 Å². The van der Waals surface area contributed by atoms with Crippen molar-refractivity contribution in [2.24, 2.45) is 0 Å². The molecule has 28 heavy (non-hydrogen) atoms. The highest BCUT2D eigenvalue weighted by atomic mass is 16.2. The molecule has 1 fully saturated rings. The molecule has 0 saturated carbocycles. The van der Waals surface area contributed by atoms with E-state index in [9.17, 15) is 9.59 Å². The smallest absolute Gasteiger partial charge is 0.264 e. The average molecular weight is 374 g/mol. The molecule has 1 aliphatic heterocycles. The van der Waals surface area contributed by atoms with Gasteiger partial charge in [0.15, 0.2) is 0 Å². The fraction of sp³-hybridized carbons (Fsp3) is 0.227. The fourth-order valence-electron chi connectivity index (χ4n) is 3.74. The summed E-state index contributed by atoms with van der Waals surface area (Å²) in [6, 6.07) is 22.4. The molecule has 6 heteroatoms. The number of rotatable bonds is 4. The monoisotopic (exact) mass is 374 g/mol. The number of benzene rings is 2. The predicted molar refractivity (Wildman–Crippen MR) is 107 cm³/mol. The summed E-state index contributed by atoms with van der Waals surface area (Å²) >= 11 is 0. The molecule has 2 aromatic carbocycles. The number of carbonyl (C=O) groups is 1. The first-order valence-corrected chi connectivity index (χ1v) is 9.40. The Morgan fingerprint density at radius 3 is 2.00 bits per heavy atom. The lowest BCUT2D eigenvalue weighted by Crippen LogP contribution is -2.50. The van der Waals surface area contributed by atoms with Crippen LogP contribution in [0.3, 0.4) is 0 Å². The molecule has 0 radical (unpaired) electrons. The first kappa shape index (κ1) is 18.1. The van der Waals surface area contributed by atoms with E-state index in [0.717, 1.165) is 13.1 Å². The maximum absolute atomic E-state index is 12.7. The van der Waals surface area contributed by atoms with E-state index >= 15 is 0 Å². The number of nitrogens with zero attached hydrogens (tertiary/aromatic N) is 3. The number of H-pyrrole nitrogens is 1. The Labute approximate surface area is 163 Å². The Morgan fingerprint density at radius 2 is 1.46 bits per heavy atom. The van der Waals surface area contributed by atoms with Crippen LogP contribution in [-0.4, -0.2) is 52.1 Å². The van der Waals surface area contributed by atoms with Gasteiger partial charge in [0.1, 0.15) is 0 Å². The molecular formula is C22H22N4O2. The molecule has 1 amide bonds. The highest BCUT2D eigenvalue weighted by molar-refractivity contribution is 5.93. The Kier molecular flexibility index (Phi) is 5.30. The van der Waals surface area contributed by atoms with Gasteiger partial charge in [-0.2, -0.15) is 5.10 Å². The lowest BCUT2D eigenvalue weighted by Gasteiger charge is -2.39. The first-order valence-electron chi connectivity index (χ1n) is 9.40. The van der Waals surface area contributed by atoms with Gasteiger partial charge in [0.2, 0.25) is 0 Å². The normalized spacial score (nSPS) is 15.0. The molecule has 1 N–H and O–H groups in total. The van der Waals surface area contributed by atoms with E-state index in [4.69, 9.17) is 0 Å². The first-order chi connectivity index (χ1) is 13.7. The quantitative estimate of drug-likeness (QED) is 0.761. The van der Waals surface area contributed by atoms with Crippen LogP contribution in [-0.2, 0) is 0 Å². The summed E-state index contributed by atoms with van der Waals surface area (Å²) in [6.07, 6.45) is 1.41. The van der Waals surface area contributed by atoms with Crippen molar-refractivity contribution < 1.29 is 4.79 Å². The second-order valence-electron chi connectivity index (χ2n) is 6.89. The van der Waals surface area contributed by atoms with Crippen LogP contribution in [0.15, 0.2) is 77.7 Å². The van der Waals surface area contributed by atoms with E-state index in [2.05, 4.69) is 63.6 Å². The minimum absolute atomic E-state index is 0.144. The standard InChI is InChI=1S/C22H22N4O2/c27-20-15-19(16-23-24-20)22(28)26-13-11-25(12-14-26)21(17-7-3-1-4-8-17)18-9-5-2-6-10-18/h1-10,15-16,21H,11-14H2,(H,24,27). The topological polar surface area (TPSA) is 69.3 Å². The summed E-state index contributed by atoms with van der Waals surface area (Å²) in [4.78, 5) is 28.3. The Hall–Kier alpha value is -3.25. The van der Waals surface area contributed by atoms with Gasteiger partial charge in [0, 0.05) is 32.2 Å². The van der Waals surface area contributed by atoms with Crippen LogP contribution in [0.1, 0.15) is 27.5 Å². The average Bonchev–Trinajstić information content (AvgIpc) is 2.75. The van der Waals surface area contributed by atoms with Crippen molar-refractivity contribution in [2.45, 2.75) is 6.04 Å². The number of hydrogen-bond donors (Lipinski definition) is 1. The van der Waals surface area contributed by atoms with E-state index in [0.29, 0.717) is 18.7 Å². The summed E-state index contributed by atoms with van der Waals surface area (Å²) < 4.78 is 0. The number of aromatic amines is 1. The van der Waals surface area contributed by atoms with Gasteiger partial charge in [-0.3, -0.25) is 14.5 Å². The summed E-state index contributed by atoms with van der Waals surface area (Å²) in [5.74, 6) is -0.144. The van der Waals surface area contributed by atoms with E-state index in [1.165, 1.54) is 23.4 Å². The van der Waals surface area contributed by atoms with Crippen molar-refractivity contribution in [1.82, 2.24) is 20.0 Å². The SMILES string of the molecule is O=C(c1cn[nH]c(=O)c1)N1CCN(C(c2ccccc2)c2ccccc2)CC1. The van der Waals surface area contributed by atoms with Crippen LogP contribution in [0.25, 0.3) is 0 Å². The van der Waals surface area contributed by atoms with Crippen molar-refractivity contribution >= 4 is 5.91 Å². The van der Waals surface area contributed by atoms with Gasteiger partial charge in [-0.25, -0.2) is 5.10 Å². The Bertz CT molecular complexity index is 940. The molecule has 1 aliphatic rings. The van der Waals surface area contributed by atoms with E-state index in [1.54, 1.807) is 4.90 Å². The van der Waals surface area contributed by atoms with Gasteiger partial charge in [-0.15, -0.1) is 0 Å². The largest absolute Gasteiger partial charge is 0.336 e. The van der Waals surface area contributed by atoms with Crippen molar-refractivity contribution in [1.29, 1.82) is 0 Å². The molecular weight excluding hydrogens is 352 g/mol. The lowest BCUT2D eigenvalue weighted by molar-refractivity contribution is 0.0596.